The van der Waals surface area contributed by atoms with Gasteiger partial charge < -0.3 is 0 Å². The summed E-state index contributed by atoms with van der Waals surface area (Å²) in [7, 11) is 0. The van der Waals surface area contributed by atoms with E-state index in [0.717, 1.165) is 10.0 Å². The average molecular weight is 330 g/mol. The number of benzene rings is 1. The van der Waals surface area contributed by atoms with Gasteiger partial charge in [-0.3, -0.25) is 0 Å². The molecule has 17 heavy (non-hydrogen) atoms. The minimum atomic E-state index is -0.0585. The van der Waals surface area contributed by atoms with E-state index in [2.05, 4.69) is 61.0 Å². The Bertz CT molecular complexity index is 545. The van der Waals surface area contributed by atoms with Crippen LogP contribution in [0.1, 0.15) is 31.8 Å². The molecule has 2 aromatic rings. The molecule has 0 amide bonds. The summed E-state index contributed by atoms with van der Waals surface area (Å²) in [4.78, 5) is 2.62. The van der Waals surface area contributed by atoms with Crippen LogP contribution in [0.25, 0.3) is 0 Å². The third-order valence-electron chi connectivity index (χ3n) is 2.84. The van der Waals surface area contributed by atoms with Gasteiger partial charge in [-0.25, -0.2) is 0 Å². The van der Waals surface area contributed by atoms with Crippen LogP contribution in [0.2, 0.25) is 0 Å². The fourth-order valence-electron chi connectivity index (χ4n) is 1.85. The van der Waals surface area contributed by atoms with Crippen molar-refractivity contribution < 1.29 is 0 Å². The molecular formula is C14H14BrClS. The summed E-state index contributed by atoms with van der Waals surface area (Å²) in [6.07, 6.45) is 0. The Kier molecular flexibility index (Phi) is 3.96. The highest BCUT2D eigenvalue weighted by molar-refractivity contribution is 9.10. The molecule has 3 heteroatoms. The van der Waals surface area contributed by atoms with Crippen LogP contribution < -0.4 is 0 Å². The monoisotopic (exact) mass is 328 g/mol. The minimum absolute atomic E-state index is 0.0585. The van der Waals surface area contributed by atoms with Crippen molar-refractivity contribution in [3.05, 3.63) is 55.2 Å². The lowest BCUT2D eigenvalue weighted by Gasteiger charge is -2.11. The first-order valence-electron chi connectivity index (χ1n) is 5.46. The van der Waals surface area contributed by atoms with E-state index < -0.39 is 0 Å². The number of aryl methyl sites for hydroxylation is 3. The molecule has 2 rings (SSSR count). The predicted molar refractivity (Wildman–Crippen MR) is 80.4 cm³/mol. The first-order valence-corrected chi connectivity index (χ1v) is 7.50. The maximum absolute atomic E-state index is 6.56. The third kappa shape index (κ3) is 2.75. The van der Waals surface area contributed by atoms with E-state index in [1.54, 1.807) is 11.3 Å². The molecule has 1 aromatic carbocycles. The van der Waals surface area contributed by atoms with Gasteiger partial charge >= 0.3 is 0 Å². The Balaban J connectivity index is 2.40. The lowest BCUT2D eigenvalue weighted by atomic mass is 10.0. The molecule has 0 aliphatic carbocycles. The van der Waals surface area contributed by atoms with E-state index in [-0.39, 0.29) is 5.38 Å². The first kappa shape index (κ1) is 13.1. The molecule has 0 fully saturated rings. The highest BCUT2D eigenvalue weighted by Crippen LogP contribution is 2.36. The zero-order chi connectivity index (χ0) is 12.6. The molecule has 0 bridgehead atoms. The maximum atomic E-state index is 6.56. The Morgan fingerprint density at radius 3 is 2.41 bits per heavy atom. The summed E-state index contributed by atoms with van der Waals surface area (Å²) in [5.74, 6) is 0. The molecule has 90 valence electrons. The van der Waals surface area contributed by atoms with Crippen LogP contribution in [0.5, 0.6) is 0 Å². The summed E-state index contributed by atoms with van der Waals surface area (Å²) in [6.45, 7) is 6.33. The van der Waals surface area contributed by atoms with Crippen molar-refractivity contribution in [2.24, 2.45) is 0 Å². The van der Waals surface area contributed by atoms with Crippen molar-refractivity contribution in [1.29, 1.82) is 0 Å². The Morgan fingerprint density at radius 1 is 1.18 bits per heavy atom. The summed E-state index contributed by atoms with van der Waals surface area (Å²) < 4.78 is 1.12. The molecule has 0 saturated carbocycles. The second kappa shape index (κ2) is 5.13. The number of halogens is 2. The maximum Gasteiger partial charge on any atom is 0.0846 e. The van der Waals surface area contributed by atoms with E-state index >= 15 is 0 Å². The number of rotatable bonds is 2. The van der Waals surface area contributed by atoms with Gasteiger partial charge in [-0.05, 0) is 49.6 Å². The fourth-order valence-corrected chi connectivity index (χ4v) is 3.64. The van der Waals surface area contributed by atoms with Gasteiger partial charge in [0.25, 0.3) is 0 Å². The van der Waals surface area contributed by atoms with Gasteiger partial charge in [0.05, 0.1) is 5.38 Å². The second-order valence-electron chi connectivity index (χ2n) is 4.24. The van der Waals surface area contributed by atoms with Gasteiger partial charge in [0, 0.05) is 14.2 Å². The molecule has 0 spiro atoms. The lowest BCUT2D eigenvalue weighted by Crippen LogP contribution is -1.94. The Hall–Kier alpha value is -0.310. The molecule has 1 aromatic heterocycles. The summed E-state index contributed by atoms with van der Waals surface area (Å²) in [5.41, 5.74) is 3.60. The normalized spacial score (nSPS) is 12.8. The largest absolute Gasteiger partial charge is 0.146 e. The summed E-state index contributed by atoms with van der Waals surface area (Å²) in [5, 5.41) is -0.0585. The van der Waals surface area contributed by atoms with Gasteiger partial charge in [-0.2, -0.15) is 0 Å². The van der Waals surface area contributed by atoms with Gasteiger partial charge in [-0.1, -0.05) is 28.1 Å². The highest BCUT2D eigenvalue weighted by atomic mass is 79.9. The number of alkyl halides is 1. The fraction of sp³-hybridized carbons (Fsp3) is 0.286. The highest BCUT2D eigenvalue weighted by Gasteiger charge is 2.15. The smallest absolute Gasteiger partial charge is 0.0846 e. The molecule has 1 atom stereocenters. The summed E-state index contributed by atoms with van der Waals surface area (Å²) >= 11 is 11.9. The van der Waals surface area contributed by atoms with Gasteiger partial charge in [0.2, 0.25) is 0 Å². The van der Waals surface area contributed by atoms with Crippen LogP contribution in [0.3, 0.4) is 0 Å². The molecule has 0 nitrogen and oxygen atoms in total. The molecule has 0 saturated heterocycles. The molecule has 0 aliphatic rings. The van der Waals surface area contributed by atoms with Gasteiger partial charge in [-0.15, -0.1) is 22.9 Å². The van der Waals surface area contributed by atoms with Crippen LogP contribution in [0.15, 0.2) is 28.7 Å². The van der Waals surface area contributed by atoms with Crippen molar-refractivity contribution in [2.45, 2.75) is 26.1 Å². The quantitative estimate of drug-likeness (QED) is 0.614. The zero-order valence-electron chi connectivity index (χ0n) is 10.1. The second-order valence-corrected chi connectivity index (χ2v) is 6.99. The van der Waals surface area contributed by atoms with E-state index in [1.165, 1.54) is 20.9 Å². The van der Waals surface area contributed by atoms with Crippen molar-refractivity contribution in [3.8, 4) is 0 Å². The van der Waals surface area contributed by atoms with E-state index in [0.29, 0.717) is 0 Å². The van der Waals surface area contributed by atoms with Gasteiger partial charge in [0.1, 0.15) is 0 Å². The predicted octanol–water partition coefficient (Wildman–Crippen LogP) is 5.76. The lowest BCUT2D eigenvalue weighted by molar-refractivity contribution is 1.12. The SMILES string of the molecule is Cc1cc(C(Cl)c2ccc(C)c(Br)c2)c(C)s1. The Labute approximate surface area is 120 Å². The van der Waals surface area contributed by atoms with Gasteiger partial charge in [0.15, 0.2) is 0 Å². The molecule has 1 heterocycles. The van der Waals surface area contributed by atoms with Crippen molar-refractivity contribution in [2.75, 3.05) is 0 Å². The van der Waals surface area contributed by atoms with Crippen LogP contribution in [-0.2, 0) is 0 Å². The zero-order valence-corrected chi connectivity index (χ0v) is 13.2. The van der Waals surface area contributed by atoms with Crippen LogP contribution >= 0.6 is 38.9 Å². The van der Waals surface area contributed by atoms with E-state index in [9.17, 15) is 0 Å². The Morgan fingerprint density at radius 2 is 1.88 bits per heavy atom. The van der Waals surface area contributed by atoms with Crippen molar-refractivity contribution in [1.82, 2.24) is 0 Å². The summed E-state index contributed by atoms with van der Waals surface area (Å²) in [6, 6.07) is 8.50. The van der Waals surface area contributed by atoms with Crippen LogP contribution in [0, 0.1) is 20.8 Å². The third-order valence-corrected chi connectivity index (χ3v) is 5.16. The topological polar surface area (TPSA) is 0 Å². The number of thiophene rings is 1. The first-order chi connectivity index (χ1) is 7.99. The molecule has 0 aliphatic heterocycles. The molecular weight excluding hydrogens is 316 g/mol. The standard InChI is InChI=1S/C14H14BrClS/c1-8-4-5-11(7-13(8)15)14(16)12-6-9(2)17-10(12)3/h4-7,14H,1-3H3. The van der Waals surface area contributed by atoms with E-state index in [4.69, 9.17) is 11.6 Å². The minimum Gasteiger partial charge on any atom is -0.146 e. The number of hydrogen-bond donors (Lipinski definition) is 0. The van der Waals surface area contributed by atoms with Crippen LogP contribution in [0.4, 0.5) is 0 Å². The number of hydrogen-bond acceptors (Lipinski definition) is 1. The van der Waals surface area contributed by atoms with Crippen molar-refractivity contribution in [3.63, 3.8) is 0 Å². The molecule has 0 radical (unpaired) electrons. The van der Waals surface area contributed by atoms with Crippen molar-refractivity contribution >= 4 is 38.9 Å². The molecule has 0 N–H and O–H groups in total. The average Bonchev–Trinajstić information content (AvgIpc) is 2.61. The van der Waals surface area contributed by atoms with E-state index in [1.807, 2.05) is 0 Å². The molecule has 1 unspecified atom stereocenters. The van der Waals surface area contributed by atoms with Crippen LogP contribution in [-0.4, -0.2) is 0 Å².